The largest absolute Gasteiger partial charge is 0.295 e. The van der Waals surface area contributed by atoms with E-state index in [1.54, 1.807) is 12.1 Å². The van der Waals surface area contributed by atoms with Crippen LogP contribution in [0, 0.1) is 0 Å². The standard InChI is InChI=1S/C20H17ClN2O5S2/c1-14(24)15-4-2-6-19(12-15)29(25,26)23-18-5-3-7-20(13-18)30(27,28)22-17-10-8-16(21)9-11-17/h2-13,22-23H,1H3. The summed E-state index contributed by atoms with van der Waals surface area (Å²) in [6.07, 6.45) is 0. The lowest BCUT2D eigenvalue weighted by molar-refractivity contribution is 0.101. The minimum absolute atomic E-state index is 0.0576. The maximum Gasteiger partial charge on any atom is 0.261 e. The van der Waals surface area contributed by atoms with Gasteiger partial charge in [-0.1, -0.05) is 29.8 Å². The lowest BCUT2D eigenvalue weighted by atomic mass is 10.2. The number of sulfonamides is 2. The molecular weight excluding hydrogens is 448 g/mol. The molecule has 0 fully saturated rings. The van der Waals surface area contributed by atoms with E-state index in [0.717, 1.165) is 0 Å². The molecule has 0 amide bonds. The third kappa shape index (κ3) is 5.18. The zero-order chi connectivity index (χ0) is 21.9. The molecule has 0 bridgehead atoms. The molecule has 0 radical (unpaired) electrons. The van der Waals surface area contributed by atoms with E-state index in [1.807, 2.05) is 0 Å². The summed E-state index contributed by atoms with van der Waals surface area (Å²) in [6.45, 7) is 1.33. The van der Waals surface area contributed by atoms with E-state index in [-0.39, 0.29) is 26.8 Å². The van der Waals surface area contributed by atoms with Gasteiger partial charge in [-0.05, 0) is 61.5 Å². The van der Waals surface area contributed by atoms with E-state index in [2.05, 4.69) is 9.44 Å². The van der Waals surface area contributed by atoms with E-state index in [9.17, 15) is 21.6 Å². The zero-order valence-electron chi connectivity index (χ0n) is 15.7. The SMILES string of the molecule is CC(=O)c1cccc(S(=O)(=O)Nc2cccc(S(=O)(=O)Nc3ccc(Cl)cc3)c2)c1. The molecule has 30 heavy (non-hydrogen) atoms. The van der Waals surface area contributed by atoms with Gasteiger partial charge < -0.3 is 0 Å². The van der Waals surface area contributed by atoms with Gasteiger partial charge in [0.05, 0.1) is 15.5 Å². The highest BCUT2D eigenvalue weighted by Crippen LogP contribution is 2.23. The van der Waals surface area contributed by atoms with E-state index >= 15 is 0 Å². The van der Waals surface area contributed by atoms with Crippen molar-refractivity contribution < 1.29 is 21.6 Å². The molecule has 0 saturated carbocycles. The van der Waals surface area contributed by atoms with Gasteiger partial charge in [0.1, 0.15) is 0 Å². The van der Waals surface area contributed by atoms with Crippen LogP contribution in [0.2, 0.25) is 5.02 Å². The van der Waals surface area contributed by atoms with Crippen LogP contribution in [0.15, 0.2) is 82.6 Å². The maximum atomic E-state index is 12.7. The number of Topliss-reactive ketones (excluding diaryl/α,β-unsaturated/α-hetero) is 1. The molecule has 0 aliphatic carbocycles. The van der Waals surface area contributed by atoms with Crippen LogP contribution in [0.5, 0.6) is 0 Å². The fourth-order valence-corrected chi connectivity index (χ4v) is 4.88. The van der Waals surface area contributed by atoms with Crippen molar-refractivity contribution >= 4 is 48.8 Å². The Balaban J connectivity index is 1.87. The first-order valence-corrected chi connectivity index (χ1v) is 11.9. The first-order valence-electron chi connectivity index (χ1n) is 8.59. The number of benzene rings is 3. The Morgan fingerprint density at radius 1 is 0.733 bits per heavy atom. The van der Waals surface area contributed by atoms with Crippen LogP contribution >= 0.6 is 11.6 Å². The second-order valence-corrected chi connectivity index (χ2v) is 10.1. The smallest absolute Gasteiger partial charge is 0.261 e. The first-order chi connectivity index (χ1) is 14.1. The number of hydrogen-bond donors (Lipinski definition) is 2. The number of halogens is 1. The molecular formula is C20H17ClN2O5S2. The fraction of sp³-hybridized carbons (Fsp3) is 0.0500. The molecule has 0 saturated heterocycles. The van der Waals surface area contributed by atoms with Crippen LogP contribution in [0.3, 0.4) is 0 Å². The van der Waals surface area contributed by atoms with Crippen LogP contribution in [-0.2, 0) is 20.0 Å². The summed E-state index contributed by atoms with van der Waals surface area (Å²) >= 11 is 5.80. The maximum absolute atomic E-state index is 12.7. The molecule has 0 aliphatic heterocycles. The van der Waals surface area contributed by atoms with Gasteiger partial charge >= 0.3 is 0 Å². The second kappa shape index (κ2) is 8.47. The average molecular weight is 465 g/mol. The van der Waals surface area contributed by atoms with Gasteiger partial charge in [0.2, 0.25) is 0 Å². The highest BCUT2D eigenvalue weighted by Gasteiger charge is 2.19. The Hall–Kier alpha value is -2.88. The summed E-state index contributed by atoms with van der Waals surface area (Å²) in [6, 6.07) is 17.1. The summed E-state index contributed by atoms with van der Waals surface area (Å²) in [4.78, 5) is 11.3. The summed E-state index contributed by atoms with van der Waals surface area (Å²) in [5.74, 6) is -0.270. The van der Waals surface area contributed by atoms with Crippen LogP contribution in [0.1, 0.15) is 17.3 Å². The number of nitrogens with one attached hydrogen (secondary N) is 2. The van der Waals surface area contributed by atoms with Crippen molar-refractivity contribution in [3.63, 3.8) is 0 Å². The Labute approximate surface area is 179 Å². The van der Waals surface area contributed by atoms with Crippen molar-refractivity contribution in [2.75, 3.05) is 9.44 Å². The number of rotatable bonds is 7. The normalized spacial score (nSPS) is 11.7. The van der Waals surface area contributed by atoms with E-state index in [0.29, 0.717) is 10.7 Å². The summed E-state index contributed by atoms with van der Waals surface area (Å²) in [5.41, 5.74) is 0.620. The van der Waals surface area contributed by atoms with Gasteiger partial charge in [-0.3, -0.25) is 14.2 Å². The van der Waals surface area contributed by atoms with Gasteiger partial charge in [0, 0.05) is 16.3 Å². The molecule has 3 rings (SSSR count). The van der Waals surface area contributed by atoms with Crippen LogP contribution in [-0.4, -0.2) is 22.6 Å². The number of carbonyl (C=O) groups excluding carboxylic acids is 1. The van der Waals surface area contributed by atoms with Crippen molar-refractivity contribution in [3.05, 3.63) is 83.4 Å². The number of ketones is 1. The van der Waals surface area contributed by atoms with Gasteiger partial charge in [-0.25, -0.2) is 16.8 Å². The monoisotopic (exact) mass is 464 g/mol. The molecule has 0 unspecified atom stereocenters. The van der Waals surface area contributed by atoms with Crippen LogP contribution < -0.4 is 9.44 Å². The lowest BCUT2D eigenvalue weighted by Crippen LogP contribution is -2.15. The fourth-order valence-electron chi connectivity index (χ4n) is 2.56. The van der Waals surface area contributed by atoms with Crippen molar-refractivity contribution in [2.24, 2.45) is 0 Å². The third-order valence-corrected chi connectivity index (χ3v) is 7.05. The molecule has 0 aliphatic rings. The van der Waals surface area contributed by atoms with Crippen molar-refractivity contribution in [3.8, 4) is 0 Å². The topological polar surface area (TPSA) is 109 Å². The highest BCUT2D eigenvalue weighted by molar-refractivity contribution is 7.93. The zero-order valence-corrected chi connectivity index (χ0v) is 18.1. The Morgan fingerprint density at radius 3 is 1.87 bits per heavy atom. The van der Waals surface area contributed by atoms with Gasteiger partial charge in [-0.2, -0.15) is 0 Å². The quantitative estimate of drug-likeness (QED) is 0.510. The average Bonchev–Trinajstić information content (AvgIpc) is 2.69. The number of hydrogen-bond acceptors (Lipinski definition) is 5. The summed E-state index contributed by atoms with van der Waals surface area (Å²) in [5, 5.41) is 0.461. The molecule has 2 N–H and O–H groups in total. The van der Waals surface area contributed by atoms with Crippen molar-refractivity contribution in [1.82, 2.24) is 0 Å². The molecule has 3 aromatic rings. The summed E-state index contributed by atoms with van der Waals surface area (Å²) < 4.78 is 55.3. The van der Waals surface area contributed by atoms with Gasteiger partial charge in [0.25, 0.3) is 20.0 Å². The Morgan fingerprint density at radius 2 is 1.27 bits per heavy atom. The predicted octanol–water partition coefficient (Wildman–Crippen LogP) is 4.14. The summed E-state index contributed by atoms with van der Waals surface area (Å²) in [7, 11) is -7.99. The molecule has 156 valence electrons. The highest BCUT2D eigenvalue weighted by atomic mass is 35.5. The molecule has 0 spiro atoms. The van der Waals surface area contributed by atoms with Crippen molar-refractivity contribution in [2.45, 2.75) is 16.7 Å². The van der Waals surface area contributed by atoms with Gasteiger partial charge in [0.15, 0.2) is 5.78 Å². The minimum atomic E-state index is -4.03. The van der Waals surface area contributed by atoms with E-state index in [1.165, 1.54) is 67.6 Å². The number of carbonyl (C=O) groups is 1. The van der Waals surface area contributed by atoms with Gasteiger partial charge in [-0.15, -0.1) is 0 Å². The molecule has 10 heteroatoms. The van der Waals surface area contributed by atoms with Crippen molar-refractivity contribution in [1.29, 1.82) is 0 Å². The molecule has 0 aromatic heterocycles. The Kier molecular flexibility index (Phi) is 6.16. The Bertz CT molecular complexity index is 1310. The lowest BCUT2D eigenvalue weighted by Gasteiger charge is -2.12. The first kappa shape index (κ1) is 21.8. The molecule has 7 nitrogen and oxygen atoms in total. The molecule has 3 aromatic carbocycles. The van der Waals surface area contributed by atoms with E-state index in [4.69, 9.17) is 11.6 Å². The molecule has 0 heterocycles. The predicted molar refractivity (Wildman–Crippen MR) is 116 cm³/mol. The number of anilines is 2. The third-order valence-electron chi connectivity index (χ3n) is 4.04. The van der Waals surface area contributed by atoms with Crippen LogP contribution in [0.25, 0.3) is 0 Å². The van der Waals surface area contributed by atoms with Crippen LogP contribution in [0.4, 0.5) is 11.4 Å². The van der Waals surface area contributed by atoms with E-state index < -0.39 is 20.0 Å². The second-order valence-electron chi connectivity index (χ2n) is 6.33. The minimum Gasteiger partial charge on any atom is -0.295 e. The molecule has 0 atom stereocenters.